The number of nitrogens with zero attached hydrogens (tertiary/aromatic N) is 5. The van der Waals surface area contributed by atoms with E-state index >= 15 is 0 Å². The third-order valence-electron chi connectivity index (χ3n) is 5.19. The molecule has 1 aliphatic rings. The number of rotatable bonds is 2. The van der Waals surface area contributed by atoms with Crippen molar-refractivity contribution in [2.75, 3.05) is 24.7 Å². The smallest absolute Gasteiger partial charge is 0.419 e. The van der Waals surface area contributed by atoms with Gasteiger partial charge in [-0.1, -0.05) is 0 Å². The molecule has 0 spiro atoms. The molecule has 7 nitrogen and oxygen atoms in total. The number of halogens is 5. The fourth-order valence-corrected chi connectivity index (χ4v) is 3.59. The van der Waals surface area contributed by atoms with E-state index in [0.29, 0.717) is 25.7 Å². The normalized spacial score (nSPS) is 16.8. The van der Waals surface area contributed by atoms with Gasteiger partial charge in [-0.3, -0.25) is 0 Å². The van der Waals surface area contributed by atoms with Crippen molar-refractivity contribution in [2.45, 2.75) is 25.6 Å². The Kier molecular flexibility index (Phi) is 4.80. The first-order chi connectivity index (χ1) is 14.4. The van der Waals surface area contributed by atoms with Gasteiger partial charge in [0.15, 0.2) is 23.0 Å². The number of hydrogen-bond acceptors (Lipinski definition) is 6. The lowest BCUT2D eigenvalue weighted by atomic mass is 10.0. The number of anilines is 1. The maximum Gasteiger partial charge on any atom is 0.419 e. The van der Waals surface area contributed by atoms with E-state index in [4.69, 9.17) is 4.74 Å². The lowest BCUT2D eigenvalue weighted by Gasteiger charge is -2.42. The van der Waals surface area contributed by atoms with Crippen LogP contribution in [0.2, 0.25) is 0 Å². The summed E-state index contributed by atoms with van der Waals surface area (Å²) in [7, 11) is 1.49. The Balaban J connectivity index is 1.89. The number of benzene rings is 1. The molecule has 4 rings (SSSR count). The van der Waals surface area contributed by atoms with Gasteiger partial charge in [-0.2, -0.15) is 23.3 Å². The Labute approximate surface area is 173 Å². The summed E-state index contributed by atoms with van der Waals surface area (Å²) in [5.74, 6) is -5.00. The maximum absolute atomic E-state index is 14.6. The van der Waals surface area contributed by atoms with Gasteiger partial charge >= 0.3 is 6.18 Å². The molecule has 1 N–H and O–H groups in total. The van der Waals surface area contributed by atoms with E-state index in [9.17, 15) is 27.1 Å². The predicted octanol–water partition coefficient (Wildman–Crippen LogP) is 3.65. The molecule has 3 aromatic rings. The number of morpholine rings is 1. The van der Waals surface area contributed by atoms with Crippen molar-refractivity contribution in [3.05, 3.63) is 29.5 Å². The maximum atomic E-state index is 14.6. The molecular formula is C19H18F5N5O2. The van der Waals surface area contributed by atoms with E-state index in [0.717, 1.165) is 0 Å². The Morgan fingerprint density at radius 3 is 2.55 bits per heavy atom. The molecule has 12 heteroatoms. The zero-order valence-electron chi connectivity index (χ0n) is 16.8. The zero-order valence-corrected chi connectivity index (χ0v) is 16.8. The van der Waals surface area contributed by atoms with Gasteiger partial charge in [-0.25, -0.2) is 18.4 Å². The Morgan fingerprint density at radius 2 is 1.90 bits per heavy atom. The molecule has 1 aliphatic heterocycles. The van der Waals surface area contributed by atoms with Crippen LogP contribution in [0.3, 0.4) is 0 Å². The van der Waals surface area contributed by atoms with Crippen molar-refractivity contribution in [3.63, 3.8) is 0 Å². The highest BCUT2D eigenvalue weighted by atomic mass is 19.4. The molecule has 0 atom stereocenters. The number of aryl methyl sites for hydroxylation is 1. The van der Waals surface area contributed by atoms with Gasteiger partial charge in [0.1, 0.15) is 5.69 Å². The number of aromatic hydroxyl groups is 1. The summed E-state index contributed by atoms with van der Waals surface area (Å²) in [4.78, 5) is 10.7. The van der Waals surface area contributed by atoms with Crippen LogP contribution in [0, 0.1) is 11.6 Å². The third-order valence-corrected chi connectivity index (χ3v) is 5.19. The highest BCUT2D eigenvalue weighted by molar-refractivity contribution is 5.91. The number of fused-ring (bicyclic) bond motifs is 1. The van der Waals surface area contributed by atoms with E-state index in [2.05, 4.69) is 15.1 Å². The van der Waals surface area contributed by atoms with E-state index in [1.807, 2.05) is 18.7 Å². The molecule has 1 aromatic carbocycles. The quantitative estimate of drug-likeness (QED) is 0.610. The molecule has 1 fully saturated rings. The molecule has 0 saturated carbocycles. The van der Waals surface area contributed by atoms with Crippen LogP contribution < -0.4 is 4.90 Å². The van der Waals surface area contributed by atoms with Gasteiger partial charge in [0, 0.05) is 25.4 Å². The summed E-state index contributed by atoms with van der Waals surface area (Å²) in [6.45, 7) is 5.35. The molecule has 31 heavy (non-hydrogen) atoms. The van der Waals surface area contributed by atoms with Gasteiger partial charge in [0.2, 0.25) is 5.95 Å². The van der Waals surface area contributed by atoms with E-state index in [-0.39, 0.29) is 22.8 Å². The number of alkyl halides is 3. The molecule has 3 heterocycles. The van der Waals surface area contributed by atoms with Crippen LogP contribution in [0.4, 0.5) is 27.9 Å². The average Bonchev–Trinajstić information content (AvgIpc) is 3.01. The van der Waals surface area contributed by atoms with Gasteiger partial charge in [-0.15, -0.1) is 0 Å². The van der Waals surface area contributed by atoms with Crippen molar-refractivity contribution >= 4 is 17.0 Å². The summed E-state index contributed by atoms with van der Waals surface area (Å²) in [5, 5.41) is 13.8. The Morgan fingerprint density at radius 1 is 1.19 bits per heavy atom. The van der Waals surface area contributed by atoms with E-state index in [1.165, 1.54) is 17.9 Å². The largest absolute Gasteiger partial charge is 0.503 e. The first-order valence-electron chi connectivity index (χ1n) is 9.25. The second-order valence-electron chi connectivity index (χ2n) is 7.84. The first kappa shape index (κ1) is 21.2. The molecular weight excluding hydrogens is 425 g/mol. The van der Waals surface area contributed by atoms with Crippen LogP contribution >= 0.6 is 0 Å². The van der Waals surface area contributed by atoms with Crippen molar-refractivity contribution in [1.29, 1.82) is 0 Å². The fourth-order valence-electron chi connectivity index (χ4n) is 3.59. The van der Waals surface area contributed by atoms with Crippen LogP contribution in [0.15, 0.2) is 12.3 Å². The van der Waals surface area contributed by atoms with Crippen molar-refractivity contribution in [2.24, 2.45) is 7.05 Å². The predicted molar refractivity (Wildman–Crippen MR) is 101 cm³/mol. The van der Waals surface area contributed by atoms with Gasteiger partial charge in [-0.05, 0) is 19.9 Å². The van der Waals surface area contributed by atoms with Gasteiger partial charge in [0.05, 0.1) is 29.7 Å². The average molecular weight is 443 g/mol. The van der Waals surface area contributed by atoms with Crippen LogP contribution in [0.1, 0.15) is 19.4 Å². The number of aromatic nitrogens is 4. The fraction of sp³-hybridized carbons (Fsp3) is 0.421. The minimum Gasteiger partial charge on any atom is -0.503 e. The standard InChI is InChI=1S/C19H18F5N5O2/c1-18(2)8-31-5-4-29(18)17-25-7-10-14(27-28(3)16(10)26-17)9-6-11(19(22,23)24)13(21)15(30)12(9)20/h6-7,30H,4-5,8H2,1-3H3. The van der Waals surface area contributed by atoms with Crippen LogP contribution in [-0.2, 0) is 18.0 Å². The summed E-state index contributed by atoms with van der Waals surface area (Å²) >= 11 is 0. The molecule has 166 valence electrons. The SMILES string of the molecule is Cn1nc(-c2cc(C(F)(F)F)c(F)c(O)c2F)c2cnc(N3CCOCC3(C)C)nc21. The number of phenols is 1. The van der Waals surface area contributed by atoms with Crippen LogP contribution in [-0.4, -0.2) is 50.2 Å². The van der Waals surface area contributed by atoms with Gasteiger partial charge < -0.3 is 14.7 Å². The molecule has 2 aromatic heterocycles. The second-order valence-corrected chi connectivity index (χ2v) is 7.84. The van der Waals surface area contributed by atoms with Crippen LogP contribution in [0.5, 0.6) is 5.75 Å². The molecule has 0 radical (unpaired) electrons. The molecule has 0 aliphatic carbocycles. The topological polar surface area (TPSA) is 76.3 Å². The number of phenolic OH excluding ortho intramolecular Hbond substituents is 1. The summed E-state index contributed by atoms with van der Waals surface area (Å²) in [6.07, 6.45) is -3.82. The molecule has 0 amide bonds. The zero-order chi connectivity index (χ0) is 22.7. The van der Waals surface area contributed by atoms with Crippen molar-refractivity contribution in [1.82, 2.24) is 19.7 Å². The monoisotopic (exact) mass is 443 g/mol. The van der Waals surface area contributed by atoms with Crippen molar-refractivity contribution < 1.29 is 31.8 Å². The molecule has 0 bridgehead atoms. The number of ether oxygens (including phenoxy) is 1. The Bertz CT molecular complexity index is 1170. The van der Waals surface area contributed by atoms with E-state index < -0.39 is 40.2 Å². The minimum absolute atomic E-state index is 0.148. The Hall–Kier alpha value is -3.02. The second kappa shape index (κ2) is 7.01. The third kappa shape index (κ3) is 3.44. The van der Waals surface area contributed by atoms with Crippen molar-refractivity contribution in [3.8, 4) is 17.0 Å². The van der Waals surface area contributed by atoms with E-state index in [1.54, 1.807) is 0 Å². The highest BCUT2D eigenvalue weighted by Gasteiger charge is 2.38. The molecule has 1 saturated heterocycles. The first-order valence-corrected chi connectivity index (χ1v) is 9.25. The summed E-state index contributed by atoms with van der Waals surface area (Å²) < 4.78 is 74.6. The van der Waals surface area contributed by atoms with Gasteiger partial charge in [0.25, 0.3) is 0 Å². The molecule has 0 unspecified atom stereocenters. The lowest BCUT2D eigenvalue weighted by Crippen LogP contribution is -2.53. The summed E-state index contributed by atoms with van der Waals surface area (Å²) in [6, 6.07) is 0.283. The minimum atomic E-state index is -5.14. The highest BCUT2D eigenvalue weighted by Crippen LogP contribution is 2.41. The number of hydrogen-bond donors (Lipinski definition) is 1. The summed E-state index contributed by atoms with van der Waals surface area (Å²) in [5.41, 5.74) is -2.92. The lowest BCUT2D eigenvalue weighted by molar-refractivity contribution is -0.140. The van der Waals surface area contributed by atoms with Crippen LogP contribution in [0.25, 0.3) is 22.3 Å².